The van der Waals surface area contributed by atoms with Gasteiger partial charge in [-0.1, -0.05) is 65.3 Å². The molecule has 8 heteroatoms. The molecule has 0 radical (unpaired) electrons. The summed E-state index contributed by atoms with van der Waals surface area (Å²) in [6.07, 6.45) is -0.0565. The highest BCUT2D eigenvalue weighted by Gasteiger charge is 2.14. The zero-order valence-corrected chi connectivity index (χ0v) is 17.0. The second kappa shape index (κ2) is 8.99. The lowest BCUT2D eigenvalue weighted by molar-refractivity contribution is -0.145. The zero-order valence-electron chi connectivity index (χ0n) is 16.2. The number of hydrogen-bond acceptors (Lipinski definition) is 6. The lowest BCUT2D eigenvalue weighted by Gasteiger charge is -2.10. The Morgan fingerprint density at radius 1 is 1.16 bits per heavy atom. The van der Waals surface area contributed by atoms with Gasteiger partial charge in [-0.05, 0) is 29.3 Å². The van der Waals surface area contributed by atoms with Crippen molar-refractivity contribution in [3.63, 3.8) is 0 Å². The number of benzene rings is 3. The van der Waals surface area contributed by atoms with Crippen LogP contribution in [0.1, 0.15) is 5.56 Å². The van der Waals surface area contributed by atoms with E-state index in [0.717, 1.165) is 16.5 Å². The van der Waals surface area contributed by atoms with Crippen LogP contribution in [0, 0.1) is 0 Å². The Balaban J connectivity index is 1.56. The molecular weight excluding hydrogens is 418 g/mol. The van der Waals surface area contributed by atoms with E-state index in [1.807, 2.05) is 54.6 Å². The summed E-state index contributed by atoms with van der Waals surface area (Å²) in [6, 6.07) is 20.9. The van der Waals surface area contributed by atoms with Gasteiger partial charge < -0.3 is 20.1 Å². The maximum atomic E-state index is 10.6. The highest BCUT2D eigenvalue weighted by Crippen LogP contribution is 2.36. The molecule has 0 spiro atoms. The smallest absolute Gasteiger partial charge is 0.334 e. The number of carbonyl (C=O) groups is 1. The number of aliphatic hydroxyl groups excluding tert-OH is 1. The minimum absolute atomic E-state index is 0.229. The summed E-state index contributed by atoms with van der Waals surface area (Å²) >= 11 is 6.64. The van der Waals surface area contributed by atoms with Crippen molar-refractivity contribution >= 4 is 46.3 Å². The number of aliphatic hydroxyl groups is 1. The number of hydrogen-bond donors (Lipinski definition) is 3. The van der Waals surface area contributed by atoms with E-state index in [1.54, 1.807) is 12.1 Å². The summed E-state index contributed by atoms with van der Waals surface area (Å²) < 4.78 is 5.42. The largest absolute Gasteiger partial charge is 0.479 e. The monoisotopic (exact) mass is 435 g/mol. The van der Waals surface area contributed by atoms with E-state index in [0.29, 0.717) is 27.7 Å². The van der Waals surface area contributed by atoms with Crippen molar-refractivity contribution in [1.82, 2.24) is 5.16 Å². The standard InChI is InChI=1S/C23H18ClN3O4/c24-21-16(15-5-2-1-3-6-15)7-4-8-18(21)26-22-17-10-9-14(11-20(17)31-27-22)12-25-13-19(28)23(29)30/h1-12,19,28H,13H2,(H,26,27)(H,29,30). The first-order valence-corrected chi connectivity index (χ1v) is 9.82. The van der Waals surface area contributed by atoms with Gasteiger partial charge in [0.2, 0.25) is 0 Å². The normalized spacial score (nSPS) is 12.3. The van der Waals surface area contributed by atoms with Crippen molar-refractivity contribution in [2.24, 2.45) is 4.99 Å². The molecule has 0 bridgehead atoms. The third-order valence-electron chi connectivity index (χ3n) is 4.64. The van der Waals surface area contributed by atoms with Crippen LogP contribution in [0.15, 0.2) is 76.2 Å². The summed E-state index contributed by atoms with van der Waals surface area (Å²) in [5, 5.41) is 26.6. The lowest BCUT2D eigenvalue weighted by atomic mass is 10.0. The zero-order chi connectivity index (χ0) is 21.8. The minimum Gasteiger partial charge on any atom is -0.479 e. The summed E-state index contributed by atoms with van der Waals surface area (Å²) in [4.78, 5) is 14.6. The quantitative estimate of drug-likeness (QED) is 0.361. The van der Waals surface area contributed by atoms with Gasteiger partial charge in [0.15, 0.2) is 17.5 Å². The molecule has 0 fully saturated rings. The van der Waals surface area contributed by atoms with Crippen LogP contribution in [-0.2, 0) is 4.79 Å². The molecule has 1 aromatic heterocycles. The predicted molar refractivity (Wildman–Crippen MR) is 120 cm³/mol. The van der Waals surface area contributed by atoms with Gasteiger partial charge >= 0.3 is 5.97 Å². The molecule has 3 aromatic carbocycles. The third kappa shape index (κ3) is 4.58. The van der Waals surface area contributed by atoms with Crippen LogP contribution in [0.25, 0.3) is 22.1 Å². The molecule has 0 amide bonds. The average molecular weight is 436 g/mol. The third-order valence-corrected chi connectivity index (χ3v) is 5.04. The predicted octanol–water partition coefficient (Wildman–Crippen LogP) is 4.76. The number of aliphatic imine (C=N–C) groups is 1. The van der Waals surface area contributed by atoms with E-state index in [4.69, 9.17) is 21.2 Å². The van der Waals surface area contributed by atoms with Crippen LogP contribution in [0.2, 0.25) is 5.02 Å². The van der Waals surface area contributed by atoms with E-state index in [9.17, 15) is 9.90 Å². The molecule has 0 saturated heterocycles. The molecule has 0 aliphatic rings. The first kappa shape index (κ1) is 20.6. The number of carboxylic acid groups (broad SMARTS) is 1. The Labute approximate surface area is 182 Å². The fourth-order valence-electron chi connectivity index (χ4n) is 3.06. The average Bonchev–Trinajstić information content (AvgIpc) is 3.17. The molecule has 1 atom stereocenters. The van der Waals surface area contributed by atoms with E-state index < -0.39 is 12.1 Å². The highest BCUT2D eigenvalue weighted by atomic mass is 35.5. The molecular formula is C23H18ClN3O4. The summed E-state index contributed by atoms with van der Waals surface area (Å²) in [5.41, 5.74) is 3.84. The molecule has 4 rings (SSSR count). The lowest BCUT2D eigenvalue weighted by Crippen LogP contribution is -2.22. The van der Waals surface area contributed by atoms with Crippen molar-refractivity contribution in [2.45, 2.75) is 6.10 Å². The van der Waals surface area contributed by atoms with Crippen LogP contribution < -0.4 is 5.32 Å². The first-order valence-electron chi connectivity index (χ1n) is 9.44. The molecule has 3 N–H and O–H groups in total. The fraction of sp³-hybridized carbons (Fsp3) is 0.0870. The molecule has 0 saturated carbocycles. The molecule has 0 aliphatic carbocycles. The SMILES string of the molecule is O=C(O)C(O)CN=Cc1ccc2c(Nc3cccc(-c4ccccc4)c3Cl)noc2c1. The van der Waals surface area contributed by atoms with E-state index in [-0.39, 0.29) is 6.54 Å². The molecule has 156 valence electrons. The molecule has 1 heterocycles. The minimum atomic E-state index is -1.53. The molecule has 4 aromatic rings. The second-order valence-electron chi connectivity index (χ2n) is 6.79. The van der Waals surface area contributed by atoms with Crippen LogP contribution in [0.5, 0.6) is 0 Å². The van der Waals surface area contributed by atoms with Crippen molar-refractivity contribution < 1.29 is 19.5 Å². The number of halogens is 1. The van der Waals surface area contributed by atoms with Gasteiger partial charge in [-0.25, -0.2) is 4.79 Å². The maximum Gasteiger partial charge on any atom is 0.334 e. The van der Waals surface area contributed by atoms with Gasteiger partial charge in [-0.3, -0.25) is 4.99 Å². The van der Waals surface area contributed by atoms with Crippen LogP contribution in [0.4, 0.5) is 11.5 Å². The fourth-order valence-corrected chi connectivity index (χ4v) is 3.34. The van der Waals surface area contributed by atoms with E-state index in [1.165, 1.54) is 6.21 Å². The van der Waals surface area contributed by atoms with Gasteiger partial charge in [0.25, 0.3) is 0 Å². The Morgan fingerprint density at radius 3 is 2.74 bits per heavy atom. The summed E-state index contributed by atoms with van der Waals surface area (Å²) in [5.74, 6) is -0.791. The number of carboxylic acids is 1. The maximum absolute atomic E-state index is 10.6. The van der Waals surface area contributed by atoms with Crippen LogP contribution >= 0.6 is 11.6 Å². The van der Waals surface area contributed by atoms with Gasteiger partial charge in [-0.2, -0.15) is 0 Å². The summed E-state index contributed by atoms with van der Waals surface area (Å²) in [7, 11) is 0. The first-order chi connectivity index (χ1) is 15.0. The molecule has 31 heavy (non-hydrogen) atoms. The molecule has 0 aliphatic heterocycles. The van der Waals surface area contributed by atoms with Crippen molar-refractivity contribution in [1.29, 1.82) is 0 Å². The van der Waals surface area contributed by atoms with Crippen molar-refractivity contribution in [3.05, 3.63) is 77.3 Å². The number of rotatable bonds is 7. The Bertz CT molecular complexity index is 1250. The van der Waals surface area contributed by atoms with Gasteiger partial charge in [-0.15, -0.1) is 0 Å². The highest BCUT2D eigenvalue weighted by molar-refractivity contribution is 6.36. The number of aromatic nitrogens is 1. The van der Waals surface area contributed by atoms with Gasteiger partial charge in [0.05, 0.1) is 22.6 Å². The molecule has 7 nitrogen and oxygen atoms in total. The van der Waals surface area contributed by atoms with Gasteiger partial charge in [0.1, 0.15) is 0 Å². The van der Waals surface area contributed by atoms with E-state index >= 15 is 0 Å². The number of nitrogens with one attached hydrogen (secondary N) is 1. The van der Waals surface area contributed by atoms with Crippen LogP contribution in [-0.4, -0.2) is 40.2 Å². The Morgan fingerprint density at radius 2 is 1.97 bits per heavy atom. The molecule has 1 unspecified atom stereocenters. The summed E-state index contributed by atoms with van der Waals surface area (Å²) in [6.45, 7) is -0.229. The van der Waals surface area contributed by atoms with Crippen molar-refractivity contribution in [2.75, 3.05) is 11.9 Å². The Kier molecular flexibility index (Phi) is 5.97. The number of anilines is 2. The second-order valence-corrected chi connectivity index (χ2v) is 7.17. The number of fused-ring (bicyclic) bond motifs is 1. The van der Waals surface area contributed by atoms with Crippen LogP contribution in [0.3, 0.4) is 0 Å². The topological polar surface area (TPSA) is 108 Å². The van der Waals surface area contributed by atoms with E-state index in [2.05, 4.69) is 15.5 Å². The van der Waals surface area contributed by atoms with Crippen molar-refractivity contribution in [3.8, 4) is 11.1 Å². The van der Waals surface area contributed by atoms with Gasteiger partial charge in [0, 0.05) is 11.8 Å². The number of nitrogens with zero attached hydrogens (tertiary/aromatic N) is 2. The Hall–Kier alpha value is -3.68. The number of aliphatic carboxylic acids is 1.